The topological polar surface area (TPSA) is 85.8 Å². The molecule has 0 saturated carbocycles. The number of thioether (sulfide) groups is 1. The Morgan fingerprint density at radius 1 is 1.33 bits per heavy atom. The molecule has 3 N–H and O–H groups in total. The van der Waals surface area contributed by atoms with Gasteiger partial charge in [0.1, 0.15) is 0 Å². The molecule has 1 aromatic carbocycles. The number of nitrogen functional groups attached to an aromatic ring is 1. The van der Waals surface area contributed by atoms with Crippen LogP contribution >= 0.6 is 35.0 Å². The van der Waals surface area contributed by atoms with Gasteiger partial charge in [0.25, 0.3) is 0 Å². The Bertz CT molecular complexity index is 735. The average molecular weight is 388 g/mol. The molecular formula is C15H19Cl2N5OS. The van der Waals surface area contributed by atoms with Crippen molar-refractivity contribution in [3.05, 3.63) is 28.2 Å². The first-order valence-electron chi connectivity index (χ1n) is 7.40. The van der Waals surface area contributed by atoms with Gasteiger partial charge in [-0.1, -0.05) is 48.8 Å². The van der Waals surface area contributed by atoms with Gasteiger partial charge in [-0.2, -0.15) is 0 Å². The second-order valence-electron chi connectivity index (χ2n) is 5.70. The van der Waals surface area contributed by atoms with E-state index in [-0.39, 0.29) is 11.2 Å². The van der Waals surface area contributed by atoms with Crippen molar-refractivity contribution in [3.63, 3.8) is 0 Å². The third kappa shape index (κ3) is 4.55. The predicted octanol–water partition coefficient (Wildman–Crippen LogP) is 3.22. The number of carbonyl (C=O) groups excluding carboxylic acids is 1. The van der Waals surface area contributed by atoms with Gasteiger partial charge >= 0.3 is 0 Å². The quantitative estimate of drug-likeness (QED) is 0.586. The minimum atomic E-state index is -0.344. The first-order valence-corrected chi connectivity index (χ1v) is 9.03. The van der Waals surface area contributed by atoms with E-state index in [9.17, 15) is 4.79 Å². The number of hydrogen-bond donors (Lipinski definition) is 2. The monoisotopic (exact) mass is 387 g/mol. The van der Waals surface area contributed by atoms with Gasteiger partial charge in [0.05, 0.1) is 10.3 Å². The minimum absolute atomic E-state index is 0.0669. The summed E-state index contributed by atoms with van der Waals surface area (Å²) in [5.41, 5.74) is 0.625. The van der Waals surface area contributed by atoms with E-state index >= 15 is 0 Å². The summed E-state index contributed by atoms with van der Waals surface area (Å²) in [5, 5.41) is 12.1. The van der Waals surface area contributed by atoms with Crippen molar-refractivity contribution in [1.29, 1.82) is 0 Å². The highest BCUT2D eigenvalue weighted by Gasteiger charge is 2.20. The maximum absolute atomic E-state index is 12.1. The van der Waals surface area contributed by atoms with Crippen LogP contribution in [0.15, 0.2) is 23.4 Å². The van der Waals surface area contributed by atoms with E-state index in [4.69, 9.17) is 29.0 Å². The molecule has 6 nitrogen and oxygen atoms in total. The molecule has 1 amide bonds. The van der Waals surface area contributed by atoms with E-state index in [0.29, 0.717) is 39.1 Å². The number of nitrogens with two attached hydrogens (primary N) is 1. The van der Waals surface area contributed by atoms with Crippen LogP contribution in [0.2, 0.25) is 10.0 Å². The number of aromatic nitrogens is 3. The Kier molecular flexibility index (Phi) is 6.37. The van der Waals surface area contributed by atoms with Crippen molar-refractivity contribution in [1.82, 2.24) is 20.2 Å². The Morgan fingerprint density at radius 2 is 2.04 bits per heavy atom. The van der Waals surface area contributed by atoms with E-state index in [2.05, 4.69) is 15.5 Å². The molecule has 1 unspecified atom stereocenters. The number of halogens is 2. The van der Waals surface area contributed by atoms with Gasteiger partial charge in [-0.05, 0) is 31.0 Å². The molecule has 2 rings (SSSR count). The van der Waals surface area contributed by atoms with Gasteiger partial charge in [-0.15, -0.1) is 10.2 Å². The van der Waals surface area contributed by atoms with E-state index in [1.807, 2.05) is 13.8 Å². The molecule has 24 heavy (non-hydrogen) atoms. The molecule has 0 aliphatic heterocycles. The first-order chi connectivity index (χ1) is 11.3. The van der Waals surface area contributed by atoms with Crippen molar-refractivity contribution in [2.45, 2.75) is 31.2 Å². The average Bonchev–Trinajstić information content (AvgIpc) is 2.86. The van der Waals surface area contributed by atoms with Crippen molar-refractivity contribution in [2.24, 2.45) is 5.92 Å². The number of nitrogens with zero attached hydrogens (tertiary/aromatic N) is 3. The summed E-state index contributed by atoms with van der Waals surface area (Å²) >= 11 is 13.3. The number of hydrogen-bond acceptors (Lipinski definition) is 5. The number of nitrogens with one attached hydrogen (secondary N) is 1. The van der Waals surface area contributed by atoms with Crippen molar-refractivity contribution in [2.75, 3.05) is 12.4 Å². The van der Waals surface area contributed by atoms with Crippen LogP contribution < -0.4 is 11.2 Å². The molecule has 1 heterocycles. The van der Waals surface area contributed by atoms with Crippen LogP contribution in [-0.2, 0) is 4.79 Å². The van der Waals surface area contributed by atoms with Gasteiger partial charge in [0, 0.05) is 17.1 Å². The normalized spacial score (nSPS) is 12.4. The minimum Gasteiger partial charge on any atom is -0.355 e. The fourth-order valence-corrected chi connectivity index (χ4v) is 3.16. The second-order valence-corrected chi connectivity index (χ2v) is 7.85. The highest BCUT2D eigenvalue weighted by Crippen LogP contribution is 2.31. The Morgan fingerprint density at radius 3 is 2.67 bits per heavy atom. The Hall–Kier alpha value is -1.44. The summed E-state index contributed by atoms with van der Waals surface area (Å²) in [5.74, 6) is 6.80. The van der Waals surface area contributed by atoms with Gasteiger partial charge < -0.3 is 11.2 Å². The van der Waals surface area contributed by atoms with E-state index in [1.165, 1.54) is 16.4 Å². The molecule has 0 aliphatic carbocycles. The zero-order valence-corrected chi connectivity index (χ0v) is 15.9. The van der Waals surface area contributed by atoms with Crippen LogP contribution in [0.5, 0.6) is 0 Å². The predicted molar refractivity (Wildman–Crippen MR) is 98.8 cm³/mol. The van der Waals surface area contributed by atoms with Gasteiger partial charge in [0.2, 0.25) is 11.1 Å². The molecule has 1 aromatic heterocycles. The maximum atomic E-state index is 12.1. The van der Waals surface area contributed by atoms with Crippen LogP contribution in [-0.4, -0.2) is 32.6 Å². The fraction of sp³-hybridized carbons (Fsp3) is 0.400. The SMILES string of the molecule is CC(C)CNC(=O)C(C)Sc1nnc(-c2ccc(Cl)cc2Cl)n1N. The van der Waals surface area contributed by atoms with E-state index in [0.717, 1.165) is 0 Å². The summed E-state index contributed by atoms with van der Waals surface area (Å²) in [6, 6.07) is 5.04. The van der Waals surface area contributed by atoms with Crippen LogP contribution in [0, 0.1) is 5.92 Å². The zero-order chi connectivity index (χ0) is 17.9. The summed E-state index contributed by atoms with van der Waals surface area (Å²) in [7, 11) is 0. The molecule has 130 valence electrons. The van der Waals surface area contributed by atoms with E-state index in [1.54, 1.807) is 25.1 Å². The lowest BCUT2D eigenvalue weighted by molar-refractivity contribution is -0.120. The third-order valence-corrected chi connectivity index (χ3v) is 4.78. The smallest absolute Gasteiger partial charge is 0.233 e. The van der Waals surface area contributed by atoms with Gasteiger partial charge in [0.15, 0.2) is 5.82 Å². The third-order valence-electron chi connectivity index (χ3n) is 3.17. The number of rotatable bonds is 6. The van der Waals surface area contributed by atoms with E-state index < -0.39 is 0 Å². The van der Waals surface area contributed by atoms with Crippen LogP contribution in [0.3, 0.4) is 0 Å². The lowest BCUT2D eigenvalue weighted by Crippen LogP contribution is -2.33. The van der Waals surface area contributed by atoms with Crippen LogP contribution in [0.25, 0.3) is 11.4 Å². The lowest BCUT2D eigenvalue weighted by atomic mass is 10.2. The highest BCUT2D eigenvalue weighted by molar-refractivity contribution is 8.00. The van der Waals surface area contributed by atoms with Crippen molar-refractivity contribution >= 4 is 40.9 Å². The maximum Gasteiger partial charge on any atom is 0.233 e. The standard InChI is InChI=1S/C15H19Cl2N5OS/c1-8(2)7-19-14(23)9(3)24-15-21-20-13(22(15)18)11-5-4-10(16)6-12(11)17/h4-6,8-9H,7,18H2,1-3H3,(H,19,23). The Balaban J connectivity index is 2.13. The number of benzene rings is 1. The summed E-state index contributed by atoms with van der Waals surface area (Å²) in [6.45, 7) is 6.50. The van der Waals surface area contributed by atoms with Gasteiger partial charge in [-0.3, -0.25) is 4.79 Å². The molecular weight excluding hydrogens is 369 g/mol. The summed E-state index contributed by atoms with van der Waals surface area (Å²) in [6.07, 6.45) is 0. The van der Waals surface area contributed by atoms with Crippen molar-refractivity contribution < 1.29 is 4.79 Å². The molecule has 0 saturated heterocycles. The lowest BCUT2D eigenvalue weighted by Gasteiger charge is -2.12. The molecule has 0 aliphatic rings. The van der Waals surface area contributed by atoms with Crippen LogP contribution in [0.1, 0.15) is 20.8 Å². The van der Waals surface area contributed by atoms with Crippen LogP contribution in [0.4, 0.5) is 0 Å². The first kappa shape index (κ1) is 18.9. The Labute approximate surface area is 155 Å². The molecule has 0 fully saturated rings. The molecule has 9 heteroatoms. The number of amides is 1. The summed E-state index contributed by atoms with van der Waals surface area (Å²) < 4.78 is 1.33. The molecule has 0 spiro atoms. The molecule has 2 aromatic rings. The second kappa shape index (κ2) is 8.09. The number of carbonyl (C=O) groups is 1. The zero-order valence-electron chi connectivity index (χ0n) is 13.6. The fourth-order valence-electron chi connectivity index (χ4n) is 1.87. The molecule has 0 bridgehead atoms. The molecule has 0 radical (unpaired) electrons. The highest BCUT2D eigenvalue weighted by atomic mass is 35.5. The van der Waals surface area contributed by atoms with Gasteiger partial charge in [-0.25, -0.2) is 4.68 Å². The summed E-state index contributed by atoms with van der Waals surface area (Å²) in [4.78, 5) is 12.1. The van der Waals surface area contributed by atoms with Crippen molar-refractivity contribution in [3.8, 4) is 11.4 Å². The molecule has 1 atom stereocenters. The largest absolute Gasteiger partial charge is 0.355 e.